The van der Waals surface area contributed by atoms with Crippen molar-refractivity contribution in [1.29, 1.82) is 0 Å². The van der Waals surface area contributed by atoms with Crippen LogP contribution in [-0.4, -0.2) is 80.1 Å². The number of carbonyl (C=O) groups excluding carboxylic acids is 4. The van der Waals surface area contributed by atoms with Crippen LogP contribution in [0.25, 0.3) is 11.2 Å². The van der Waals surface area contributed by atoms with Crippen LogP contribution in [0.15, 0.2) is 18.9 Å². The van der Waals surface area contributed by atoms with Gasteiger partial charge in [0.15, 0.2) is 5.65 Å². The smallest absolute Gasteiger partial charge is 0.408 e. The topological polar surface area (TPSA) is 173 Å². The van der Waals surface area contributed by atoms with Gasteiger partial charge in [-0.2, -0.15) is 0 Å². The van der Waals surface area contributed by atoms with Crippen LogP contribution in [0.2, 0.25) is 0 Å². The number of nitrogens with one attached hydrogen (secondary N) is 2. The molecule has 0 spiro atoms. The maximum atomic E-state index is 13.1. The molecule has 2 N–H and O–H groups in total. The number of ether oxygens (including phenoxy) is 4. The maximum absolute atomic E-state index is 13.1. The predicted octanol–water partition coefficient (Wildman–Crippen LogP) is 4.02. The van der Waals surface area contributed by atoms with Gasteiger partial charge in [0.05, 0.1) is 25.7 Å². The second-order valence-electron chi connectivity index (χ2n) is 13.3. The molecule has 246 valence electrons. The number of aromatic nitrogens is 4. The van der Waals surface area contributed by atoms with Crippen molar-refractivity contribution in [2.24, 2.45) is 17.8 Å². The second kappa shape index (κ2) is 15.7. The normalized spacial score (nSPS) is 14.1. The highest BCUT2D eigenvalue weighted by Gasteiger charge is 2.30. The van der Waals surface area contributed by atoms with Crippen molar-refractivity contribution >= 4 is 35.3 Å². The zero-order chi connectivity index (χ0) is 33.2. The summed E-state index contributed by atoms with van der Waals surface area (Å²) in [5, 5.41) is 5.18. The molecular formula is C30H48N6O8. The number of imidazole rings is 1. The minimum atomic E-state index is -0.934. The largest absolute Gasteiger partial charge is 0.464 e. The summed E-state index contributed by atoms with van der Waals surface area (Å²) in [6.45, 7) is 17.8. The Morgan fingerprint density at radius 2 is 1.34 bits per heavy atom. The number of hydrogen-bond acceptors (Lipinski definition) is 11. The molecule has 0 fully saturated rings. The molecular weight excluding hydrogens is 572 g/mol. The molecule has 2 aromatic rings. The summed E-state index contributed by atoms with van der Waals surface area (Å²) in [6, 6.07) is -1.85. The van der Waals surface area contributed by atoms with Crippen molar-refractivity contribution in [3.05, 3.63) is 18.9 Å². The Labute approximate surface area is 259 Å². The van der Waals surface area contributed by atoms with Gasteiger partial charge in [0.2, 0.25) is 0 Å². The predicted molar refractivity (Wildman–Crippen MR) is 161 cm³/mol. The second-order valence-corrected chi connectivity index (χ2v) is 13.3. The number of fused-ring (bicyclic) bond motifs is 1. The van der Waals surface area contributed by atoms with Gasteiger partial charge in [0.1, 0.15) is 35.1 Å². The van der Waals surface area contributed by atoms with Gasteiger partial charge in [-0.25, -0.2) is 34.1 Å². The first kappa shape index (κ1) is 36.2. The molecule has 2 amide bonds. The first-order chi connectivity index (χ1) is 20.4. The van der Waals surface area contributed by atoms with E-state index in [9.17, 15) is 19.2 Å². The molecule has 3 atom stereocenters. The number of esters is 2. The lowest BCUT2D eigenvalue weighted by Gasteiger charge is -2.26. The van der Waals surface area contributed by atoms with Crippen LogP contribution in [0.4, 0.5) is 9.59 Å². The number of alkyl carbamates (subject to hydrolysis) is 2. The van der Waals surface area contributed by atoms with E-state index < -0.39 is 47.4 Å². The summed E-state index contributed by atoms with van der Waals surface area (Å²) < 4.78 is 23.6. The third kappa shape index (κ3) is 12.3. The number of carbonyl (C=O) groups is 4. The molecule has 0 saturated carbocycles. The van der Waals surface area contributed by atoms with E-state index in [1.165, 1.54) is 6.33 Å². The van der Waals surface area contributed by atoms with E-state index in [1.807, 2.05) is 0 Å². The molecule has 0 unspecified atom stereocenters. The Morgan fingerprint density at radius 1 is 0.818 bits per heavy atom. The molecule has 14 heteroatoms. The van der Waals surface area contributed by atoms with Crippen molar-refractivity contribution in [2.75, 3.05) is 13.2 Å². The molecule has 14 nitrogen and oxygen atoms in total. The Hall–Kier alpha value is -3.97. The minimum absolute atomic E-state index is 0.00828. The van der Waals surface area contributed by atoms with Crippen LogP contribution in [-0.2, 0) is 35.1 Å². The van der Waals surface area contributed by atoms with Gasteiger partial charge in [-0.3, -0.25) is 0 Å². The SMILES string of the molecule is CC(C)[C@H](NC(=O)OC(C)(C)C)C(=O)OCC[C@@H](COC(=O)[C@@H](NC(=O)OC(C)(C)C)C(C)C)Cn1cnc2cncnc21. The molecule has 0 bridgehead atoms. The molecule has 0 aliphatic heterocycles. The third-order valence-electron chi connectivity index (χ3n) is 6.15. The van der Waals surface area contributed by atoms with Crippen LogP contribution in [0, 0.1) is 17.8 Å². The number of rotatable bonds is 13. The molecule has 0 aliphatic rings. The van der Waals surface area contributed by atoms with Crippen LogP contribution in [0.1, 0.15) is 75.7 Å². The summed E-state index contributed by atoms with van der Waals surface area (Å²) in [4.78, 5) is 63.2. The van der Waals surface area contributed by atoms with Gasteiger partial charge in [-0.05, 0) is 59.8 Å². The van der Waals surface area contributed by atoms with E-state index in [2.05, 4.69) is 25.6 Å². The number of nitrogens with zero attached hydrogens (tertiary/aromatic N) is 4. The molecule has 2 rings (SSSR count). The molecule has 44 heavy (non-hydrogen) atoms. The van der Waals surface area contributed by atoms with Crippen molar-refractivity contribution in [3.63, 3.8) is 0 Å². The van der Waals surface area contributed by atoms with Crippen LogP contribution < -0.4 is 10.6 Å². The lowest BCUT2D eigenvalue weighted by atomic mass is 10.0. The van der Waals surface area contributed by atoms with E-state index in [0.717, 1.165) is 0 Å². The molecule has 0 radical (unpaired) electrons. The minimum Gasteiger partial charge on any atom is -0.464 e. The zero-order valence-electron chi connectivity index (χ0n) is 27.5. The molecule has 0 saturated heterocycles. The van der Waals surface area contributed by atoms with Gasteiger partial charge in [-0.1, -0.05) is 27.7 Å². The van der Waals surface area contributed by atoms with Gasteiger partial charge in [-0.15, -0.1) is 0 Å². The van der Waals surface area contributed by atoms with Gasteiger partial charge in [0, 0.05) is 12.5 Å². The summed E-state index contributed by atoms with van der Waals surface area (Å²) in [7, 11) is 0. The van der Waals surface area contributed by atoms with E-state index in [0.29, 0.717) is 24.1 Å². The molecule has 2 aromatic heterocycles. The Bertz CT molecular complexity index is 1260. The fraction of sp³-hybridized carbons (Fsp3) is 0.700. The van der Waals surface area contributed by atoms with E-state index in [4.69, 9.17) is 18.9 Å². The highest BCUT2D eigenvalue weighted by Crippen LogP contribution is 2.17. The average Bonchev–Trinajstić information content (AvgIpc) is 3.29. The third-order valence-corrected chi connectivity index (χ3v) is 6.15. The Kier molecular flexibility index (Phi) is 12.9. The first-order valence-electron chi connectivity index (χ1n) is 14.8. The van der Waals surface area contributed by atoms with E-state index in [-0.39, 0.29) is 31.0 Å². The standard InChI is InChI=1S/C30H48N6O8/c1-18(2)22(34-27(39)43-29(5,6)7)25(37)41-12-11-20(14-36-17-33-21-13-31-16-32-24(21)36)15-42-26(38)23(19(3)4)35-28(40)44-30(8,9)10/h13,16-20,22-23H,11-12,14-15H2,1-10H3,(H,34,39)(H,35,40)/t20-,22+,23+/m1/s1. The van der Waals surface area contributed by atoms with Crippen LogP contribution in [0.3, 0.4) is 0 Å². The van der Waals surface area contributed by atoms with E-state index >= 15 is 0 Å². The van der Waals surface area contributed by atoms with Gasteiger partial charge >= 0.3 is 24.1 Å². The monoisotopic (exact) mass is 620 g/mol. The lowest BCUT2D eigenvalue weighted by Crippen LogP contribution is -2.47. The van der Waals surface area contributed by atoms with Gasteiger partial charge in [0.25, 0.3) is 0 Å². The lowest BCUT2D eigenvalue weighted by molar-refractivity contribution is -0.151. The maximum Gasteiger partial charge on any atom is 0.408 e. The summed E-state index contributed by atoms with van der Waals surface area (Å²) in [5.74, 6) is -2.08. The summed E-state index contributed by atoms with van der Waals surface area (Å²) in [6.07, 6.45) is 3.49. The van der Waals surface area contributed by atoms with E-state index in [1.54, 1.807) is 86.3 Å². The molecule has 2 heterocycles. The summed E-state index contributed by atoms with van der Waals surface area (Å²) in [5.41, 5.74) is -0.253. The number of hydrogen-bond donors (Lipinski definition) is 2. The van der Waals surface area contributed by atoms with Crippen LogP contribution in [0.5, 0.6) is 0 Å². The Morgan fingerprint density at radius 3 is 1.84 bits per heavy atom. The first-order valence-corrected chi connectivity index (χ1v) is 14.8. The van der Waals surface area contributed by atoms with Crippen molar-refractivity contribution in [2.45, 2.75) is 105 Å². The average molecular weight is 621 g/mol. The van der Waals surface area contributed by atoms with Gasteiger partial charge < -0.3 is 34.1 Å². The molecule has 0 aromatic carbocycles. The van der Waals surface area contributed by atoms with Crippen molar-refractivity contribution in [1.82, 2.24) is 30.2 Å². The van der Waals surface area contributed by atoms with Crippen molar-refractivity contribution < 1.29 is 38.1 Å². The fourth-order valence-electron chi connectivity index (χ4n) is 4.02. The van der Waals surface area contributed by atoms with Crippen LogP contribution >= 0.6 is 0 Å². The number of amides is 2. The quantitative estimate of drug-likeness (QED) is 0.245. The van der Waals surface area contributed by atoms with Crippen molar-refractivity contribution in [3.8, 4) is 0 Å². The fourth-order valence-corrected chi connectivity index (χ4v) is 4.02. The zero-order valence-corrected chi connectivity index (χ0v) is 27.5. The Balaban J connectivity index is 2.11. The highest BCUT2D eigenvalue weighted by atomic mass is 16.6. The molecule has 0 aliphatic carbocycles. The highest BCUT2D eigenvalue weighted by molar-refractivity contribution is 5.82. The summed E-state index contributed by atoms with van der Waals surface area (Å²) >= 11 is 0.